The van der Waals surface area contributed by atoms with Gasteiger partial charge in [0, 0.05) is 17.4 Å². The van der Waals surface area contributed by atoms with Crippen LogP contribution >= 0.6 is 11.8 Å². The summed E-state index contributed by atoms with van der Waals surface area (Å²) in [7, 11) is 0. The van der Waals surface area contributed by atoms with E-state index in [-0.39, 0.29) is 23.9 Å². The van der Waals surface area contributed by atoms with Crippen molar-refractivity contribution >= 4 is 29.5 Å². The molecule has 5 N–H and O–H groups in total. The molecule has 136 valence electrons. The molecule has 2 aliphatic heterocycles. The van der Waals surface area contributed by atoms with Crippen LogP contribution in [0.5, 0.6) is 0 Å². The topological polar surface area (TPSA) is 122 Å². The summed E-state index contributed by atoms with van der Waals surface area (Å²) in [4.78, 5) is 34.8. The predicted molar refractivity (Wildman–Crippen MR) is 93.0 cm³/mol. The zero-order valence-corrected chi connectivity index (χ0v) is 14.6. The molecule has 2 fully saturated rings. The first-order valence-electron chi connectivity index (χ1n) is 8.67. The lowest BCUT2D eigenvalue weighted by Crippen LogP contribution is -2.37. The van der Waals surface area contributed by atoms with Crippen LogP contribution in [0.2, 0.25) is 0 Å². The van der Waals surface area contributed by atoms with Crippen molar-refractivity contribution in [1.29, 1.82) is 0 Å². The van der Waals surface area contributed by atoms with E-state index in [1.807, 2.05) is 0 Å². The van der Waals surface area contributed by atoms with Gasteiger partial charge in [-0.1, -0.05) is 12.8 Å². The number of carboxylic acids is 1. The quantitative estimate of drug-likeness (QED) is 0.250. The number of rotatable bonds is 11. The van der Waals surface area contributed by atoms with Gasteiger partial charge in [0.1, 0.15) is 11.7 Å². The molecule has 0 aromatic rings. The molecule has 0 saturated carbocycles. The number of carbonyl (C=O) groups is 3. The lowest BCUT2D eigenvalue weighted by molar-refractivity contribution is -0.146. The molecule has 7 nitrogen and oxygen atoms in total. The third-order valence-electron chi connectivity index (χ3n) is 4.73. The Kier molecular flexibility index (Phi) is 7.36. The zero-order valence-electron chi connectivity index (χ0n) is 13.8. The van der Waals surface area contributed by atoms with Crippen molar-refractivity contribution in [2.45, 2.75) is 62.3 Å². The fourth-order valence-electron chi connectivity index (χ4n) is 3.38. The third-order valence-corrected chi connectivity index (χ3v) is 6.24. The van der Waals surface area contributed by atoms with E-state index in [0.29, 0.717) is 37.5 Å². The van der Waals surface area contributed by atoms with Crippen molar-refractivity contribution in [1.82, 2.24) is 10.6 Å². The second-order valence-corrected chi connectivity index (χ2v) is 7.78. The first-order valence-corrected chi connectivity index (χ1v) is 9.72. The Morgan fingerprint density at radius 2 is 2.04 bits per heavy atom. The first kappa shape index (κ1) is 19.1. The number of fused-ring (bicyclic) bond motifs is 1. The highest BCUT2D eigenvalue weighted by atomic mass is 32.2. The summed E-state index contributed by atoms with van der Waals surface area (Å²) in [5.74, 6) is -1.21. The Bertz CT molecular complexity index is 474. The number of aliphatic carboxylic acids is 1. The summed E-state index contributed by atoms with van der Waals surface area (Å²) < 4.78 is 0. The highest BCUT2D eigenvalue weighted by Gasteiger charge is 2.42. The van der Waals surface area contributed by atoms with Gasteiger partial charge in [0.05, 0.1) is 12.1 Å². The van der Waals surface area contributed by atoms with E-state index in [0.717, 1.165) is 25.0 Å². The number of ketones is 1. The standard InChI is InChI=1S/C16H27N3O4S/c17-8-3-1-2-6-12(20)10(15(21)22)5-4-7-13-14-11(9-24-13)18-16(23)19-14/h10-11,13-14H,1-9,17H2,(H,21,22)(H2,18,19,23)/t10?,11-,13-,14-/m0/s1. The van der Waals surface area contributed by atoms with Crippen LogP contribution in [0.25, 0.3) is 0 Å². The van der Waals surface area contributed by atoms with E-state index < -0.39 is 11.9 Å². The Morgan fingerprint density at radius 1 is 1.25 bits per heavy atom. The van der Waals surface area contributed by atoms with Crippen LogP contribution in [-0.2, 0) is 9.59 Å². The third kappa shape index (κ3) is 5.11. The molecule has 0 spiro atoms. The number of unbranched alkanes of at least 4 members (excludes halogenated alkanes) is 2. The molecule has 2 saturated heterocycles. The molecule has 2 amide bonds. The monoisotopic (exact) mass is 357 g/mol. The molecule has 24 heavy (non-hydrogen) atoms. The lowest BCUT2D eigenvalue weighted by atomic mass is 9.92. The SMILES string of the molecule is NCCCCCC(=O)C(CCC[C@@H]1SC[C@@H]2NC(=O)N[C@@H]21)C(=O)O. The number of amides is 2. The van der Waals surface area contributed by atoms with Crippen molar-refractivity contribution in [2.75, 3.05) is 12.3 Å². The molecule has 0 bridgehead atoms. The Morgan fingerprint density at radius 3 is 2.75 bits per heavy atom. The number of hydrogen-bond acceptors (Lipinski definition) is 5. The van der Waals surface area contributed by atoms with E-state index in [2.05, 4.69) is 10.6 Å². The molecule has 8 heteroatoms. The van der Waals surface area contributed by atoms with Crippen LogP contribution in [0.4, 0.5) is 4.79 Å². The number of nitrogens with two attached hydrogens (primary N) is 1. The maximum atomic E-state index is 12.1. The summed E-state index contributed by atoms with van der Waals surface area (Å²) in [5.41, 5.74) is 5.41. The van der Waals surface area contributed by atoms with Gasteiger partial charge < -0.3 is 21.5 Å². The minimum absolute atomic E-state index is 0.119. The van der Waals surface area contributed by atoms with Crippen molar-refractivity contribution in [3.8, 4) is 0 Å². The van der Waals surface area contributed by atoms with E-state index in [1.54, 1.807) is 11.8 Å². The molecule has 2 heterocycles. The summed E-state index contributed by atoms with van der Waals surface area (Å²) in [6.45, 7) is 0.600. The summed E-state index contributed by atoms with van der Waals surface area (Å²) in [6.07, 6.45) is 4.63. The molecule has 1 unspecified atom stereocenters. The predicted octanol–water partition coefficient (Wildman–Crippen LogP) is 1.11. The zero-order chi connectivity index (χ0) is 17.5. The first-order chi connectivity index (χ1) is 11.5. The maximum absolute atomic E-state index is 12.1. The van der Waals surface area contributed by atoms with Gasteiger partial charge in [-0.05, 0) is 32.2 Å². The Labute approximate surface area is 146 Å². The molecular formula is C16H27N3O4S. The average molecular weight is 357 g/mol. The fourth-order valence-corrected chi connectivity index (χ4v) is 4.93. The molecule has 0 radical (unpaired) electrons. The number of carboxylic acid groups (broad SMARTS) is 1. The van der Waals surface area contributed by atoms with Crippen LogP contribution in [0.15, 0.2) is 0 Å². The van der Waals surface area contributed by atoms with Gasteiger partial charge in [-0.3, -0.25) is 9.59 Å². The molecular weight excluding hydrogens is 330 g/mol. The number of thioether (sulfide) groups is 1. The Hall–Kier alpha value is -1.28. The summed E-state index contributed by atoms with van der Waals surface area (Å²) >= 11 is 1.80. The van der Waals surface area contributed by atoms with Gasteiger partial charge in [-0.25, -0.2) is 4.79 Å². The highest BCUT2D eigenvalue weighted by molar-refractivity contribution is 8.00. The van der Waals surface area contributed by atoms with Crippen LogP contribution in [-0.4, -0.2) is 52.5 Å². The summed E-state index contributed by atoms with van der Waals surface area (Å²) in [5, 5.41) is 15.4. The smallest absolute Gasteiger partial charge is 0.315 e. The van der Waals surface area contributed by atoms with Crippen LogP contribution < -0.4 is 16.4 Å². The number of carbonyl (C=O) groups excluding carboxylic acids is 2. The van der Waals surface area contributed by atoms with E-state index >= 15 is 0 Å². The van der Waals surface area contributed by atoms with Crippen LogP contribution in [0, 0.1) is 5.92 Å². The van der Waals surface area contributed by atoms with E-state index in [1.165, 1.54) is 0 Å². The second-order valence-electron chi connectivity index (χ2n) is 6.51. The number of hydrogen-bond donors (Lipinski definition) is 4. The summed E-state index contributed by atoms with van der Waals surface area (Å²) in [6, 6.07) is 0.177. The maximum Gasteiger partial charge on any atom is 0.315 e. The van der Waals surface area contributed by atoms with Gasteiger partial charge in [0.2, 0.25) is 0 Å². The molecule has 2 rings (SSSR count). The lowest BCUT2D eigenvalue weighted by Gasteiger charge is -2.17. The van der Waals surface area contributed by atoms with Crippen molar-refractivity contribution in [3.63, 3.8) is 0 Å². The Balaban J connectivity index is 1.72. The fraction of sp³-hybridized carbons (Fsp3) is 0.812. The van der Waals surface area contributed by atoms with Gasteiger partial charge in [-0.2, -0.15) is 11.8 Å². The van der Waals surface area contributed by atoms with Gasteiger partial charge in [0.25, 0.3) is 0 Å². The van der Waals surface area contributed by atoms with Crippen molar-refractivity contribution < 1.29 is 19.5 Å². The average Bonchev–Trinajstić information content (AvgIpc) is 3.07. The number of urea groups is 1. The van der Waals surface area contributed by atoms with Crippen molar-refractivity contribution in [2.24, 2.45) is 11.7 Å². The van der Waals surface area contributed by atoms with E-state index in [9.17, 15) is 19.5 Å². The molecule has 4 atom stereocenters. The number of nitrogens with one attached hydrogen (secondary N) is 2. The minimum atomic E-state index is -1.02. The largest absolute Gasteiger partial charge is 0.481 e. The highest BCUT2D eigenvalue weighted by Crippen LogP contribution is 2.33. The van der Waals surface area contributed by atoms with Crippen molar-refractivity contribution in [3.05, 3.63) is 0 Å². The van der Waals surface area contributed by atoms with Crippen LogP contribution in [0.3, 0.4) is 0 Å². The van der Waals surface area contributed by atoms with Gasteiger partial charge in [-0.15, -0.1) is 0 Å². The van der Waals surface area contributed by atoms with E-state index in [4.69, 9.17) is 5.73 Å². The van der Waals surface area contributed by atoms with Gasteiger partial charge in [0.15, 0.2) is 0 Å². The molecule has 0 aromatic carbocycles. The normalized spacial score (nSPS) is 26.5. The minimum Gasteiger partial charge on any atom is -0.481 e. The van der Waals surface area contributed by atoms with Crippen LogP contribution in [0.1, 0.15) is 44.9 Å². The second kappa shape index (κ2) is 9.27. The molecule has 0 aromatic heterocycles. The van der Waals surface area contributed by atoms with Gasteiger partial charge >= 0.3 is 12.0 Å². The number of Topliss-reactive ketones (excluding diaryl/α,β-unsaturated/α-hetero) is 1. The molecule has 0 aliphatic carbocycles. The molecule has 2 aliphatic rings.